The highest BCUT2D eigenvalue weighted by Crippen LogP contribution is 2.10. The number of aliphatic hydroxyl groups is 1. The maximum atomic E-state index is 10.1. The molecule has 0 heterocycles. The van der Waals surface area contributed by atoms with Crippen molar-refractivity contribution in [3.8, 4) is 0 Å². The van der Waals surface area contributed by atoms with Crippen LogP contribution in [-0.2, 0) is 16.1 Å². The average Bonchev–Trinajstić information content (AvgIpc) is 2.48. The Balaban J connectivity index is 2.28. The fraction of sp³-hybridized carbons (Fsp3) is 0.529. The van der Waals surface area contributed by atoms with Crippen LogP contribution in [0.3, 0.4) is 0 Å². The van der Waals surface area contributed by atoms with Gasteiger partial charge in [-0.15, -0.1) is 11.8 Å². The molecular formula is C17H26O3S. The Morgan fingerprint density at radius 1 is 1.24 bits per heavy atom. The lowest BCUT2D eigenvalue weighted by Crippen LogP contribution is -2.17. The number of hydrogen-bond acceptors (Lipinski definition) is 4. The molecule has 0 spiro atoms. The summed E-state index contributed by atoms with van der Waals surface area (Å²) in [7, 11) is 0. The molecular weight excluding hydrogens is 284 g/mol. The molecule has 0 aliphatic rings. The van der Waals surface area contributed by atoms with Gasteiger partial charge in [-0.1, -0.05) is 43.3 Å². The van der Waals surface area contributed by atoms with Crippen LogP contribution >= 0.6 is 11.8 Å². The topological polar surface area (TPSA) is 38.7 Å². The first-order chi connectivity index (χ1) is 10.1. The fourth-order valence-electron chi connectivity index (χ4n) is 1.92. The summed E-state index contributed by atoms with van der Waals surface area (Å²) in [4.78, 5) is 0. The van der Waals surface area contributed by atoms with Crippen LogP contribution in [0.4, 0.5) is 0 Å². The lowest BCUT2D eigenvalue weighted by atomic mass is 10.1. The van der Waals surface area contributed by atoms with Crippen LogP contribution in [0.25, 0.3) is 0 Å². The average molecular weight is 310 g/mol. The van der Waals surface area contributed by atoms with Crippen molar-refractivity contribution >= 4 is 11.8 Å². The molecule has 4 heteroatoms. The molecule has 0 amide bonds. The third-order valence-electron chi connectivity index (χ3n) is 3.04. The van der Waals surface area contributed by atoms with E-state index in [1.165, 1.54) is 0 Å². The van der Waals surface area contributed by atoms with E-state index in [0.29, 0.717) is 31.7 Å². The second kappa shape index (κ2) is 10.9. The van der Waals surface area contributed by atoms with E-state index in [2.05, 4.69) is 13.0 Å². The van der Waals surface area contributed by atoms with E-state index in [9.17, 15) is 5.11 Å². The van der Waals surface area contributed by atoms with E-state index >= 15 is 0 Å². The van der Waals surface area contributed by atoms with Gasteiger partial charge in [-0.25, -0.2) is 0 Å². The van der Waals surface area contributed by atoms with Gasteiger partial charge >= 0.3 is 0 Å². The Morgan fingerprint density at radius 3 is 2.62 bits per heavy atom. The van der Waals surface area contributed by atoms with Gasteiger partial charge in [0.15, 0.2) is 0 Å². The number of ether oxygens (including phenoxy) is 2. The maximum absolute atomic E-state index is 10.1. The first kappa shape index (κ1) is 18.2. The minimum Gasteiger partial charge on any atom is -0.386 e. The number of thioether (sulfide) groups is 1. The number of hydrogen-bond donors (Lipinski definition) is 1. The normalized spacial score (nSPS) is 15.0. The fourth-order valence-corrected chi connectivity index (χ4v) is 2.18. The van der Waals surface area contributed by atoms with Crippen LogP contribution in [0.1, 0.15) is 19.4 Å². The molecule has 0 aromatic heterocycles. The minimum atomic E-state index is -0.559. The van der Waals surface area contributed by atoms with Crippen molar-refractivity contribution < 1.29 is 14.6 Å². The van der Waals surface area contributed by atoms with Crippen molar-refractivity contribution in [3.05, 3.63) is 47.5 Å². The highest BCUT2D eigenvalue weighted by molar-refractivity contribution is 7.98. The predicted octanol–water partition coefficient (Wildman–Crippen LogP) is 3.48. The monoisotopic (exact) mass is 310 g/mol. The number of benzene rings is 1. The third-order valence-corrected chi connectivity index (χ3v) is 3.44. The molecule has 21 heavy (non-hydrogen) atoms. The van der Waals surface area contributed by atoms with Crippen molar-refractivity contribution in [2.75, 3.05) is 25.4 Å². The van der Waals surface area contributed by atoms with Crippen molar-refractivity contribution in [1.29, 1.82) is 0 Å². The van der Waals surface area contributed by atoms with Crippen LogP contribution < -0.4 is 0 Å². The molecule has 0 saturated carbocycles. The van der Waals surface area contributed by atoms with E-state index in [1.807, 2.05) is 43.5 Å². The number of aliphatic hydroxyl groups excluding tert-OH is 1. The highest BCUT2D eigenvalue weighted by atomic mass is 32.2. The second-order valence-corrected chi connectivity index (χ2v) is 5.99. The summed E-state index contributed by atoms with van der Waals surface area (Å²) in [6, 6.07) is 9.97. The molecule has 0 fully saturated rings. The maximum Gasteiger partial charge on any atom is 0.0981 e. The van der Waals surface area contributed by atoms with Crippen LogP contribution in [0.5, 0.6) is 0 Å². The molecule has 1 rings (SSSR count). The Morgan fingerprint density at radius 2 is 1.95 bits per heavy atom. The molecule has 1 N–H and O–H groups in total. The van der Waals surface area contributed by atoms with Crippen molar-refractivity contribution in [2.45, 2.75) is 26.6 Å². The molecule has 1 aromatic carbocycles. The molecule has 0 aliphatic heterocycles. The molecule has 3 nitrogen and oxygen atoms in total. The van der Waals surface area contributed by atoms with Crippen molar-refractivity contribution in [1.82, 2.24) is 0 Å². The van der Waals surface area contributed by atoms with Gasteiger partial charge < -0.3 is 14.6 Å². The quantitative estimate of drug-likeness (QED) is 0.408. The van der Waals surface area contributed by atoms with Crippen LogP contribution in [0, 0.1) is 5.92 Å². The zero-order valence-corrected chi connectivity index (χ0v) is 13.9. The summed E-state index contributed by atoms with van der Waals surface area (Å²) >= 11 is 1.67. The summed E-state index contributed by atoms with van der Waals surface area (Å²) in [6.07, 6.45) is 3.51. The zero-order valence-electron chi connectivity index (χ0n) is 13.1. The Kier molecular flexibility index (Phi) is 9.42. The van der Waals surface area contributed by atoms with E-state index in [0.717, 1.165) is 11.1 Å². The predicted molar refractivity (Wildman–Crippen MR) is 89.4 cm³/mol. The Hall–Kier alpha value is -0.810. The third kappa shape index (κ3) is 8.27. The largest absolute Gasteiger partial charge is 0.386 e. The van der Waals surface area contributed by atoms with Gasteiger partial charge in [0.25, 0.3) is 0 Å². The summed E-state index contributed by atoms with van der Waals surface area (Å²) in [5.74, 6) is 1.00. The van der Waals surface area contributed by atoms with Gasteiger partial charge in [-0.05, 0) is 30.2 Å². The van der Waals surface area contributed by atoms with Gasteiger partial charge in [0.05, 0.1) is 31.9 Å². The van der Waals surface area contributed by atoms with Crippen molar-refractivity contribution in [3.63, 3.8) is 0 Å². The highest BCUT2D eigenvalue weighted by Gasteiger charge is 2.09. The van der Waals surface area contributed by atoms with Crippen LogP contribution in [0.2, 0.25) is 0 Å². The summed E-state index contributed by atoms with van der Waals surface area (Å²) in [5.41, 5.74) is 2.05. The molecule has 0 radical (unpaired) electrons. The minimum absolute atomic E-state index is 0.293. The Bertz CT molecular complexity index is 406. The van der Waals surface area contributed by atoms with Gasteiger partial charge in [0.2, 0.25) is 0 Å². The summed E-state index contributed by atoms with van der Waals surface area (Å²) < 4.78 is 11.0. The second-order valence-electron chi connectivity index (χ2n) is 5.18. The van der Waals surface area contributed by atoms with Crippen LogP contribution in [-0.4, -0.2) is 36.6 Å². The number of rotatable bonds is 10. The molecule has 0 unspecified atom stereocenters. The standard InChI is InChI=1S/C17H26O3S/c1-14(10-20-13-21-3)9-15(2)17(18)12-19-11-16-7-5-4-6-8-16/h4-9,14,17-18H,10-13H2,1-3H3/b15-9+/t14-,17-/m1/s1. The molecule has 0 aliphatic carbocycles. The lowest BCUT2D eigenvalue weighted by Gasteiger charge is -2.14. The first-order valence-corrected chi connectivity index (χ1v) is 8.57. The Labute approximate surface area is 132 Å². The SMILES string of the molecule is CSCOC[C@H](C)/C=C(\C)[C@H](O)COCc1ccccc1. The van der Waals surface area contributed by atoms with Gasteiger partial charge in [-0.2, -0.15) is 0 Å². The summed E-state index contributed by atoms with van der Waals surface area (Å²) in [6.45, 7) is 5.53. The van der Waals surface area contributed by atoms with E-state index < -0.39 is 6.10 Å². The van der Waals surface area contributed by atoms with Gasteiger partial charge in [-0.3, -0.25) is 0 Å². The molecule has 2 atom stereocenters. The molecule has 0 bridgehead atoms. The first-order valence-electron chi connectivity index (χ1n) is 7.18. The lowest BCUT2D eigenvalue weighted by molar-refractivity contribution is 0.0448. The molecule has 118 valence electrons. The van der Waals surface area contributed by atoms with E-state index in [-0.39, 0.29) is 0 Å². The van der Waals surface area contributed by atoms with E-state index in [4.69, 9.17) is 9.47 Å². The van der Waals surface area contributed by atoms with Gasteiger partial charge in [0, 0.05) is 0 Å². The molecule has 0 saturated heterocycles. The van der Waals surface area contributed by atoms with Crippen LogP contribution in [0.15, 0.2) is 42.0 Å². The van der Waals surface area contributed by atoms with Crippen molar-refractivity contribution in [2.24, 2.45) is 5.92 Å². The van der Waals surface area contributed by atoms with Gasteiger partial charge in [0.1, 0.15) is 0 Å². The zero-order chi connectivity index (χ0) is 15.5. The smallest absolute Gasteiger partial charge is 0.0981 e. The van der Waals surface area contributed by atoms with E-state index in [1.54, 1.807) is 11.8 Å². The summed E-state index contributed by atoms with van der Waals surface area (Å²) in [5, 5.41) is 10.1. The molecule has 1 aromatic rings.